The third-order valence-corrected chi connectivity index (χ3v) is 9.44. The molecule has 0 fully saturated rings. The van der Waals surface area contributed by atoms with Crippen LogP contribution in [0.4, 0.5) is 5.69 Å². The minimum atomic E-state index is -4.00. The van der Waals surface area contributed by atoms with E-state index >= 15 is 0 Å². The number of rotatable bonds is 11. The van der Waals surface area contributed by atoms with Crippen molar-refractivity contribution in [3.05, 3.63) is 102 Å². The zero-order chi connectivity index (χ0) is 26.5. The molecule has 0 radical (unpaired) electrons. The van der Waals surface area contributed by atoms with Crippen LogP contribution in [0, 0.1) is 0 Å². The van der Waals surface area contributed by atoms with Crippen LogP contribution in [0.1, 0.15) is 11.1 Å². The van der Waals surface area contributed by atoms with Gasteiger partial charge in [0.1, 0.15) is 23.8 Å². The highest BCUT2D eigenvalue weighted by Gasteiger charge is 2.39. The molecule has 0 bridgehead atoms. The molecular weight excluding hydrogens is 504 g/mol. The predicted molar refractivity (Wildman–Crippen MR) is 150 cm³/mol. The van der Waals surface area contributed by atoms with Gasteiger partial charge in [-0.15, -0.1) is 0 Å². The van der Waals surface area contributed by atoms with Crippen molar-refractivity contribution in [1.82, 2.24) is 4.31 Å². The Balaban J connectivity index is 1.57. The number of anilines is 1. The van der Waals surface area contributed by atoms with Gasteiger partial charge in [-0.25, -0.2) is 8.61 Å². The van der Waals surface area contributed by atoms with Gasteiger partial charge < -0.3 is 14.6 Å². The molecule has 1 aliphatic rings. The molecule has 0 amide bonds. The zero-order valence-corrected chi connectivity index (χ0v) is 23.3. The van der Waals surface area contributed by atoms with Crippen molar-refractivity contribution in [3.63, 3.8) is 0 Å². The molecular formula is C28H34N2O5SSi. The van der Waals surface area contributed by atoms with Gasteiger partial charge in [-0.3, -0.25) is 0 Å². The van der Waals surface area contributed by atoms with Crippen LogP contribution in [0.2, 0.25) is 25.7 Å². The summed E-state index contributed by atoms with van der Waals surface area (Å²) in [6.07, 6.45) is 1.98. The Morgan fingerprint density at radius 1 is 0.865 bits per heavy atom. The first-order valence-corrected chi connectivity index (χ1v) is 17.4. The lowest BCUT2D eigenvalue weighted by molar-refractivity contribution is 0.294. The lowest BCUT2D eigenvalue weighted by Crippen LogP contribution is -2.37. The average Bonchev–Trinajstić information content (AvgIpc) is 3.09. The molecule has 0 aromatic heterocycles. The minimum Gasteiger partial charge on any atom is -0.493 e. The van der Waals surface area contributed by atoms with Gasteiger partial charge in [-0.2, -0.15) is 8.42 Å². The number of benzene rings is 3. The number of hydrogen-bond acceptors (Lipinski definition) is 5. The topological polar surface area (TPSA) is 79.3 Å². The smallest absolute Gasteiger partial charge is 0.332 e. The molecule has 3 aromatic carbocycles. The van der Waals surface area contributed by atoms with E-state index in [0.717, 1.165) is 26.6 Å². The zero-order valence-electron chi connectivity index (χ0n) is 21.5. The summed E-state index contributed by atoms with van der Waals surface area (Å²) in [5, 5.41) is 10.5. The van der Waals surface area contributed by atoms with Gasteiger partial charge in [0.15, 0.2) is 0 Å². The summed E-state index contributed by atoms with van der Waals surface area (Å²) < 4.78 is 41.1. The van der Waals surface area contributed by atoms with E-state index in [4.69, 9.17) is 9.47 Å². The SMILES string of the molecule is C[Si](C)(C)CCN1C(O)=CN(c2ccc(OCCc3ccccc3)cc2OCc2ccccc2)S1(=O)=O. The summed E-state index contributed by atoms with van der Waals surface area (Å²) in [6, 6.07) is 25.5. The second-order valence-electron chi connectivity index (χ2n) is 10.2. The van der Waals surface area contributed by atoms with Gasteiger partial charge in [0.2, 0.25) is 5.88 Å². The Bertz CT molecular complexity index is 1330. The number of hydrogen-bond donors (Lipinski definition) is 1. The largest absolute Gasteiger partial charge is 0.493 e. The maximum atomic E-state index is 13.4. The first-order chi connectivity index (χ1) is 17.6. The second kappa shape index (κ2) is 11.3. The lowest BCUT2D eigenvalue weighted by atomic mass is 10.2. The van der Waals surface area contributed by atoms with Gasteiger partial charge in [0.25, 0.3) is 0 Å². The van der Waals surface area contributed by atoms with E-state index in [1.165, 1.54) is 11.8 Å². The van der Waals surface area contributed by atoms with Gasteiger partial charge in [0.05, 0.1) is 12.8 Å². The first-order valence-electron chi connectivity index (χ1n) is 12.3. The molecule has 1 aliphatic heterocycles. The second-order valence-corrected chi connectivity index (χ2v) is 17.5. The van der Waals surface area contributed by atoms with Crippen LogP contribution in [0.5, 0.6) is 11.5 Å². The number of ether oxygens (including phenoxy) is 2. The molecule has 1 heterocycles. The molecule has 196 valence electrons. The van der Waals surface area contributed by atoms with Crippen LogP contribution >= 0.6 is 0 Å². The molecule has 0 aliphatic carbocycles. The van der Waals surface area contributed by atoms with Gasteiger partial charge in [-0.1, -0.05) is 80.3 Å². The Hall–Kier alpha value is -3.43. The molecule has 4 rings (SSSR count). The molecule has 9 heteroatoms. The van der Waals surface area contributed by atoms with E-state index in [-0.39, 0.29) is 19.0 Å². The normalized spacial score (nSPS) is 14.9. The van der Waals surface area contributed by atoms with Crippen molar-refractivity contribution >= 4 is 24.0 Å². The molecule has 0 unspecified atom stereocenters. The van der Waals surface area contributed by atoms with Crippen LogP contribution in [-0.4, -0.2) is 39.1 Å². The van der Waals surface area contributed by atoms with Crippen molar-refractivity contribution in [3.8, 4) is 11.5 Å². The van der Waals surface area contributed by atoms with Crippen LogP contribution in [-0.2, 0) is 23.2 Å². The third-order valence-electron chi connectivity index (χ3n) is 5.99. The maximum Gasteiger partial charge on any atom is 0.332 e. The van der Waals surface area contributed by atoms with Crippen molar-refractivity contribution in [2.75, 3.05) is 17.5 Å². The summed E-state index contributed by atoms with van der Waals surface area (Å²) in [5.74, 6) is 0.624. The van der Waals surface area contributed by atoms with Crippen LogP contribution < -0.4 is 13.8 Å². The van der Waals surface area contributed by atoms with Crippen molar-refractivity contribution in [2.24, 2.45) is 0 Å². The molecule has 3 aromatic rings. The Morgan fingerprint density at radius 2 is 1.51 bits per heavy atom. The fourth-order valence-electron chi connectivity index (χ4n) is 3.87. The average molecular weight is 539 g/mol. The summed E-state index contributed by atoms with van der Waals surface area (Å²) in [7, 11) is -5.53. The quantitative estimate of drug-likeness (QED) is 0.305. The van der Waals surface area contributed by atoms with Crippen LogP contribution in [0.3, 0.4) is 0 Å². The van der Waals surface area contributed by atoms with E-state index in [0.29, 0.717) is 23.8 Å². The van der Waals surface area contributed by atoms with E-state index in [1.807, 2.05) is 60.7 Å². The summed E-state index contributed by atoms with van der Waals surface area (Å²) in [5.41, 5.74) is 2.43. The highest BCUT2D eigenvalue weighted by molar-refractivity contribution is 7.91. The van der Waals surface area contributed by atoms with Gasteiger partial charge >= 0.3 is 10.2 Å². The van der Waals surface area contributed by atoms with Crippen LogP contribution in [0.15, 0.2) is 90.9 Å². The fourth-order valence-corrected chi connectivity index (χ4v) is 6.37. The Kier molecular flexibility index (Phi) is 8.14. The number of aliphatic hydroxyl groups excluding tert-OH is 1. The van der Waals surface area contributed by atoms with Crippen molar-refractivity contribution in [1.29, 1.82) is 0 Å². The number of nitrogens with zero attached hydrogens (tertiary/aromatic N) is 2. The highest BCUT2D eigenvalue weighted by Crippen LogP contribution is 2.39. The third kappa shape index (κ3) is 6.87. The van der Waals surface area contributed by atoms with Gasteiger partial charge in [0, 0.05) is 27.1 Å². The Morgan fingerprint density at radius 3 is 2.16 bits per heavy atom. The monoisotopic (exact) mass is 538 g/mol. The van der Waals surface area contributed by atoms with E-state index in [9.17, 15) is 13.5 Å². The Labute approximate surface area is 220 Å². The first kappa shape index (κ1) is 26.6. The standard InChI is InChI=1S/C28H34N2O5SSi/c1-37(2,3)19-17-29-28(31)21-30(36(29,32)33)26-15-14-25(34-18-16-23-10-6-4-7-11-23)20-27(26)35-22-24-12-8-5-9-13-24/h4-15,20-21,31H,16-19,22H2,1-3H3. The van der Waals surface area contributed by atoms with Gasteiger partial charge in [-0.05, 0) is 29.3 Å². The minimum absolute atomic E-state index is 0.234. The lowest BCUT2D eigenvalue weighted by Gasteiger charge is -2.25. The van der Waals surface area contributed by atoms with Crippen molar-refractivity contribution in [2.45, 2.75) is 38.7 Å². The molecule has 0 atom stereocenters. The van der Waals surface area contributed by atoms with E-state index in [1.54, 1.807) is 18.2 Å². The molecule has 7 nitrogen and oxygen atoms in total. The van der Waals surface area contributed by atoms with E-state index in [2.05, 4.69) is 19.6 Å². The molecule has 0 saturated carbocycles. The molecule has 1 N–H and O–H groups in total. The summed E-state index contributed by atoms with van der Waals surface area (Å²) in [6.45, 7) is 7.46. The highest BCUT2D eigenvalue weighted by atomic mass is 32.2. The maximum absolute atomic E-state index is 13.4. The molecule has 0 spiro atoms. The van der Waals surface area contributed by atoms with Crippen molar-refractivity contribution < 1.29 is 23.0 Å². The molecule has 0 saturated heterocycles. The summed E-state index contributed by atoms with van der Waals surface area (Å²) >= 11 is 0. The summed E-state index contributed by atoms with van der Waals surface area (Å²) in [4.78, 5) is 0. The fraction of sp³-hybridized carbons (Fsp3) is 0.286. The van der Waals surface area contributed by atoms with E-state index < -0.39 is 18.3 Å². The predicted octanol–water partition coefficient (Wildman–Crippen LogP) is 5.95. The number of aliphatic hydroxyl groups is 1. The van der Waals surface area contributed by atoms with Crippen LogP contribution in [0.25, 0.3) is 0 Å². The molecule has 37 heavy (non-hydrogen) atoms.